The molecule has 3 aromatic rings. The number of methoxy groups -OCH3 is 1. The molecule has 0 saturated carbocycles. The van der Waals surface area contributed by atoms with Gasteiger partial charge >= 0.3 is 0 Å². The molecule has 1 saturated heterocycles. The van der Waals surface area contributed by atoms with E-state index in [-0.39, 0.29) is 11.7 Å². The van der Waals surface area contributed by atoms with E-state index in [1.54, 1.807) is 7.11 Å². The number of benzene rings is 2. The predicted octanol–water partition coefficient (Wildman–Crippen LogP) is 3.59. The molecule has 2 aromatic carbocycles. The molecule has 2 N–H and O–H groups in total. The van der Waals surface area contributed by atoms with Crippen LogP contribution in [0.25, 0.3) is 10.9 Å². The topological polar surface area (TPSA) is 66.6 Å². The zero-order chi connectivity index (χ0) is 21.6. The van der Waals surface area contributed by atoms with Crippen LogP contribution in [0.5, 0.6) is 5.75 Å². The second-order valence-electron chi connectivity index (χ2n) is 7.74. The van der Waals surface area contributed by atoms with Gasteiger partial charge in [-0.25, -0.2) is 0 Å². The van der Waals surface area contributed by atoms with Crippen LogP contribution in [-0.2, 0) is 17.8 Å². The van der Waals surface area contributed by atoms with Crippen molar-refractivity contribution >= 4 is 28.2 Å². The summed E-state index contributed by atoms with van der Waals surface area (Å²) in [7, 11) is 1.61. The third-order valence-corrected chi connectivity index (χ3v) is 5.90. The normalized spacial score (nSPS) is 15.7. The summed E-state index contributed by atoms with van der Waals surface area (Å²) < 4.78 is 11.0. The number of fused-ring (bicyclic) bond motifs is 1. The van der Waals surface area contributed by atoms with Crippen molar-refractivity contribution in [2.24, 2.45) is 0 Å². The molecule has 2 heterocycles. The summed E-state index contributed by atoms with van der Waals surface area (Å²) in [6, 6.07) is 17.7. The lowest BCUT2D eigenvalue weighted by atomic mass is 10.1. The van der Waals surface area contributed by atoms with Gasteiger partial charge in [0.2, 0.25) is 0 Å². The quantitative estimate of drug-likeness (QED) is 0.551. The molecule has 0 unspecified atom stereocenters. The van der Waals surface area contributed by atoms with Gasteiger partial charge in [0.05, 0.1) is 25.3 Å². The summed E-state index contributed by atoms with van der Waals surface area (Å²) in [5.41, 5.74) is 2.42. The first-order valence-corrected chi connectivity index (χ1v) is 10.9. The fourth-order valence-corrected chi connectivity index (χ4v) is 4.01. The van der Waals surface area contributed by atoms with E-state index in [1.807, 2.05) is 47.4 Å². The molecule has 4 rings (SSSR count). The molecule has 1 atom stereocenters. The van der Waals surface area contributed by atoms with Gasteiger partial charge in [0, 0.05) is 31.3 Å². The number of hydrogen-bond donors (Lipinski definition) is 2. The summed E-state index contributed by atoms with van der Waals surface area (Å²) in [5, 5.41) is 4.91. The van der Waals surface area contributed by atoms with Crippen LogP contribution in [0.1, 0.15) is 24.0 Å². The van der Waals surface area contributed by atoms with E-state index >= 15 is 0 Å². The second-order valence-corrected chi connectivity index (χ2v) is 8.13. The van der Waals surface area contributed by atoms with Gasteiger partial charge in [-0.05, 0) is 54.2 Å². The standard InChI is InChI=1S/C24H27N3O3S/c1-29-20-10-9-18-12-19(23(28)26-22(18)13-20)16-27(15-17-6-3-2-4-7-17)24(31)25-14-21-8-5-11-30-21/h2-4,6-7,9-10,12-13,21H,5,8,11,14-16H2,1H3,(H,25,31)(H,26,28)/t21-/m1/s1. The number of hydrogen-bond acceptors (Lipinski definition) is 4. The lowest BCUT2D eigenvalue weighted by Crippen LogP contribution is -2.42. The molecule has 1 aliphatic rings. The zero-order valence-corrected chi connectivity index (χ0v) is 18.4. The Hall–Kier alpha value is -2.90. The van der Waals surface area contributed by atoms with Crippen LogP contribution >= 0.6 is 12.2 Å². The highest BCUT2D eigenvalue weighted by molar-refractivity contribution is 7.80. The van der Waals surface area contributed by atoms with Gasteiger partial charge < -0.3 is 24.7 Å². The zero-order valence-electron chi connectivity index (χ0n) is 17.6. The lowest BCUT2D eigenvalue weighted by Gasteiger charge is -2.27. The van der Waals surface area contributed by atoms with Crippen LogP contribution in [0.4, 0.5) is 0 Å². The predicted molar refractivity (Wildman–Crippen MR) is 126 cm³/mol. The SMILES string of the molecule is COc1ccc2cc(CN(Cc3ccccc3)C(=S)NC[C@H]3CCCO3)c(=O)[nH]c2c1. The van der Waals surface area contributed by atoms with Crippen molar-refractivity contribution in [3.05, 3.63) is 76.1 Å². The fraction of sp³-hybridized carbons (Fsp3) is 0.333. The summed E-state index contributed by atoms with van der Waals surface area (Å²) in [6.45, 7) is 2.50. The van der Waals surface area contributed by atoms with Gasteiger partial charge in [-0.2, -0.15) is 0 Å². The largest absolute Gasteiger partial charge is 0.497 e. The number of H-pyrrole nitrogens is 1. The third kappa shape index (κ3) is 5.42. The Kier molecular flexibility index (Phi) is 6.84. The molecule has 0 aliphatic carbocycles. The van der Waals surface area contributed by atoms with Crippen molar-refractivity contribution in [3.8, 4) is 5.75 Å². The molecule has 7 heteroatoms. The number of rotatable bonds is 7. The van der Waals surface area contributed by atoms with E-state index < -0.39 is 0 Å². The summed E-state index contributed by atoms with van der Waals surface area (Å²) in [5.74, 6) is 0.709. The Morgan fingerprint density at radius 1 is 1.23 bits per heavy atom. The molecule has 1 aromatic heterocycles. The van der Waals surface area contributed by atoms with Crippen molar-refractivity contribution in [2.75, 3.05) is 20.3 Å². The maximum Gasteiger partial charge on any atom is 0.253 e. The molecular weight excluding hydrogens is 410 g/mol. The molecule has 162 valence electrons. The fourth-order valence-electron chi connectivity index (χ4n) is 3.80. The van der Waals surface area contributed by atoms with Gasteiger partial charge in [0.1, 0.15) is 5.75 Å². The Morgan fingerprint density at radius 3 is 2.81 bits per heavy atom. The number of thiocarbonyl (C=S) groups is 1. The van der Waals surface area contributed by atoms with Crippen LogP contribution in [0, 0.1) is 0 Å². The van der Waals surface area contributed by atoms with E-state index in [9.17, 15) is 4.79 Å². The first kappa shape index (κ1) is 21.3. The molecule has 0 amide bonds. The van der Waals surface area contributed by atoms with Crippen LogP contribution < -0.4 is 15.6 Å². The number of aromatic amines is 1. The average molecular weight is 438 g/mol. The first-order valence-electron chi connectivity index (χ1n) is 10.5. The Morgan fingerprint density at radius 2 is 2.06 bits per heavy atom. The van der Waals surface area contributed by atoms with E-state index in [2.05, 4.69) is 22.4 Å². The highest BCUT2D eigenvalue weighted by Crippen LogP contribution is 2.19. The number of aromatic nitrogens is 1. The number of nitrogens with one attached hydrogen (secondary N) is 2. The highest BCUT2D eigenvalue weighted by atomic mass is 32.1. The number of pyridine rings is 1. The van der Waals surface area contributed by atoms with Crippen molar-refractivity contribution in [1.82, 2.24) is 15.2 Å². The van der Waals surface area contributed by atoms with Crippen LogP contribution in [0.3, 0.4) is 0 Å². The number of ether oxygens (including phenoxy) is 2. The van der Waals surface area contributed by atoms with Crippen molar-refractivity contribution in [2.45, 2.75) is 32.0 Å². The first-order chi connectivity index (χ1) is 15.1. The molecule has 0 spiro atoms. The van der Waals surface area contributed by atoms with Crippen LogP contribution in [-0.4, -0.2) is 41.4 Å². The Labute approximate surface area is 187 Å². The van der Waals surface area contributed by atoms with Gasteiger partial charge in [-0.1, -0.05) is 30.3 Å². The molecule has 0 bridgehead atoms. The Bertz CT molecular complexity index is 1090. The van der Waals surface area contributed by atoms with E-state index in [1.165, 1.54) is 0 Å². The van der Waals surface area contributed by atoms with Gasteiger partial charge in [-0.3, -0.25) is 4.79 Å². The van der Waals surface area contributed by atoms with Gasteiger partial charge in [0.15, 0.2) is 5.11 Å². The highest BCUT2D eigenvalue weighted by Gasteiger charge is 2.18. The van der Waals surface area contributed by atoms with E-state index in [0.29, 0.717) is 36.1 Å². The minimum absolute atomic E-state index is 0.124. The minimum Gasteiger partial charge on any atom is -0.497 e. The monoisotopic (exact) mass is 437 g/mol. The molecule has 6 nitrogen and oxygen atoms in total. The molecule has 1 fully saturated rings. The van der Waals surface area contributed by atoms with Crippen molar-refractivity contribution in [1.29, 1.82) is 0 Å². The number of nitrogens with zero attached hydrogens (tertiary/aromatic N) is 1. The maximum absolute atomic E-state index is 12.8. The van der Waals surface area contributed by atoms with Crippen molar-refractivity contribution in [3.63, 3.8) is 0 Å². The van der Waals surface area contributed by atoms with E-state index in [4.69, 9.17) is 21.7 Å². The summed E-state index contributed by atoms with van der Waals surface area (Å²) >= 11 is 5.71. The molecule has 0 radical (unpaired) electrons. The lowest BCUT2D eigenvalue weighted by molar-refractivity contribution is 0.113. The van der Waals surface area contributed by atoms with Crippen LogP contribution in [0.15, 0.2) is 59.4 Å². The maximum atomic E-state index is 12.8. The van der Waals surface area contributed by atoms with E-state index in [0.717, 1.165) is 35.9 Å². The van der Waals surface area contributed by atoms with Gasteiger partial charge in [0.25, 0.3) is 5.56 Å². The second kappa shape index (κ2) is 9.94. The molecular formula is C24H27N3O3S. The summed E-state index contributed by atoms with van der Waals surface area (Å²) in [6.07, 6.45) is 2.32. The molecule has 31 heavy (non-hydrogen) atoms. The third-order valence-electron chi connectivity index (χ3n) is 5.50. The molecule has 1 aliphatic heterocycles. The van der Waals surface area contributed by atoms with Gasteiger partial charge in [-0.15, -0.1) is 0 Å². The smallest absolute Gasteiger partial charge is 0.253 e. The minimum atomic E-state index is -0.124. The van der Waals surface area contributed by atoms with Crippen molar-refractivity contribution < 1.29 is 9.47 Å². The van der Waals surface area contributed by atoms with Crippen LogP contribution in [0.2, 0.25) is 0 Å². The summed E-state index contributed by atoms with van der Waals surface area (Å²) in [4.78, 5) is 17.8. The Balaban J connectivity index is 1.56. The average Bonchev–Trinajstić information content (AvgIpc) is 3.31.